The zero-order chi connectivity index (χ0) is 13.2. The van der Waals surface area contributed by atoms with Crippen LogP contribution in [0.1, 0.15) is 25.8 Å². The maximum absolute atomic E-state index is 5.02. The van der Waals surface area contributed by atoms with Crippen LogP contribution < -0.4 is 5.32 Å². The molecule has 0 heterocycles. The normalized spacial score (nSPS) is 10.9. The number of nitrogens with one attached hydrogen (secondary N) is 1. The van der Waals surface area contributed by atoms with Crippen molar-refractivity contribution in [2.45, 2.75) is 26.8 Å². The van der Waals surface area contributed by atoms with Gasteiger partial charge in [0.25, 0.3) is 0 Å². The Kier molecular flexibility index (Phi) is 7.46. The molecule has 0 atom stereocenters. The van der Waals surface area contributed by atoms with Gasteiger partial charge in [0.2, 0.25) is 0 Å². The first-order valence-electron chi connectivity index (χ1n) is 6.84. The van der Waals surface area contributed by atoms with E-state index < -0.39 is 0 Å². The van der Waals surface area contributed by atoms with Crippen molar-refractivity contribution >= 4 is 5.69 Å². The van der Waals surface area contributed by atoms with Crippen LogP contribution in [0.5, 0.6) is 0 Å². The van der Waals surface area contributed by atoms with Gasteiger partial charge in [0.1, 0.15) is 0 Å². The van der Waals surface area contributed by atoms with E-state index in [0.29, 0.717) is 0 Å². The van der Waals surface area contributed by atoms with Crippen LogP contribution in [0.2, 0.25) is 0 Å². The molecule has 0 radical (unpaired) electrons. The van der Waals surface area contributed by atoms with Crippen LogP contribution >= 0.6 is 0 Å². The van der Waals surface area contributed by atoms with Gasteiger partial charge >= 0.3 is 0 Å². The van der Waals surface area contributed by atoms with Crippen molar-refractivity contribution in [1.82, 2.24) is 4.90 Å². The molecule has 0 aliphatic heterocycles. The molecule has 1 rings (SSSR count). The molecular formula is C15H26N2O. The fraction of sp³-hybridized carbons (Fsp3) is 0.600. The van der Waals surface area contributed by atoms with Gasteiger partial charge in [-0.25, -0.2) is 0 Å². The van der Waals surface area contributed by atoms with E-state index in [-0.39, 0.29) is 0 Å². The average molecular weight is 250 g/mol. The van der Waals surface area contributed by atoms with Gasteiger partial charge in [0.15, 0.2) is 0 Å². The SMILES string of the molecule is CCN(CC)Cc1ccc(NCCCOC)cc1. The molecule has 1 aromatic carbocycles. The third-order valence-electron chi connectivity index (χ3n) is 3.11. The molecule has 0 saturated carbocycles. The number of benzene rings is 1. The summed E-state index contributed by atoms with van der Waals surface area (Å²) < 4.78 is 5.02. The van der Waals surface area contributed by atoms with E-state index in [1.165, 1.54) is 11.3 Å². The zero-order valence-electron chi connectivity index (χ0n) is 11.9. The van der Waals surface area contributed by atoms with E-state index in [9.17, 15) is 0 Å². The molecule has 1 aromatic rings. The van der Waals surface area contributed by atoms with Crippen LogP contribution in [0.4, 0.5) is 5.69 Å². The Hall–Kier alpha value is -1.06. The molecule has 0 bridgehead atoms. The lowest BCUT2D eigenvalue weighted by atomic mass is 10.2. The summed E-state index contributed by atoms with van der Waals surface area (Å²) in [5, 5.41) is 3.39. The first-order chi connectivity index (χ1) is 8.80. The Morgan fingerprint density at radius 3 is 2.33 bits per heavy atom. The van der Waals surface area contributed by atoms with Crippen molar-refractivity contribution in [1.29, 1.82) is 0 Å². The smallest absolute Gasteiger partial charge is 0.0479 e. The summed E-state index contributed by atoms with van der Waals surface area (Å²) in [5.74, 6) is 0. The Morgan fingerprint density at radius 1 is 1.11 bits per heavy atom. The van der Waals surface area contributed by atoms with Crippen LogP contribution in [0.15, 0.2) is 24.3 Å². The van der Waals surface area contributed by atoms with E-state index in [1.807, 2.05) is 0 Å². The maximum atomic E-state index is 5.02. The minimum atomic E-state index is 0.813. The van der Waals surface area contributed by atoms with Gasteiger partial charge in [0, 0.05) is 32.5 Å². The molecule has 0 aliphatic carbocycles. The molecule has 102 valence electrons. The summed E-state index contributed by atoms with van der Waals surface area (Å²) in [6, 6.07) is 8.73. The van der Waals surface area contributed by atoms with Crippen molar-refractivity contribution in [3.05, 3.63) is 29.8 Å². The molecule has 0 aromatic heterocycles. The third kappa shape index (κ3) is 5.52. The molecule has 0 amide bonds. The average Bonchev–Trinajstić information content (AvgIpc) is 2.42. The van der Waals surface area contributed by atoms with E-state index in [2.05, 4.69) is 48.3 Å². The quantitative estimate of drug-likeness (QED) is 0.682. The van der Waals surface area contributed by atoms with Gasteiger partial charge in [-0.3, -0.25) is 4.90 Å². The standard InChI is InChI=1S/C15H26N2O/c1-4-17(5-2)13-14-7-9-15(10-8-14)16-11-6-12-18-3/h7-10,16H,4-6,11-13H2,1-3H3. The van der Waals surface area contributed by atoms with Gasteiger partial charge in [-0.15, -0.1) is 0 Å². The molecule has 0 unspecified atom stereocenters. The molecule has 0 aliphatic rings. The fourth-order valence-electron chi connectivity index (χ4n) is 1.88. The number of anilines is 1. The lowest BCUT2D eigenvalue weighted by molar-refractivity contribution is 0.198. The van der Waals surface area contributed by atoms with Crippen LogP contribution in [0, 0.1) is 0 Å². The molecule has 18 heavy (non-hydrogen) atoms. The number of hydrogen-bond donors (Lipinski definition) is 1. The highest BCUT2D eigenvalue weighted by Gasteiger charge is 2.00. The highest BCUT2D eigenvalue weighted by Crippen LogP contribution is 2.11. The van der Waals surface area contributed by atoms with Crippen LogP contribution in [-0.2, 0) is 11.3 Å². The third-order valence-corrected chi connectivity index (χ3v) is 3.11. The number of nitrogens with zero attached hydrogens (tertiary/aromatic N) is 1. The highest BCUT2D eigenvalue weighted by molar-refractivity contribution is 5.44. The molecular weight excluding hydrogens is 224 g/mol. The monoisotopic (exact) mass is 250 g/mol. The maximum Gasteiger partial charge on any atom is 0.0479 e. The van der Waals surface area contributed by atoms with Crippen molar-refractivity contribution < 1.29 is 4.74 Å². The van der Waals surface area contributed by atoms with Gasteiger partial charge in [-0.2, -0.15) is 0 Å². The minimum Gasteiger partial charge on any atom is -0.385 e. The summed E-state index contributed by atoms with van der Waals surface area (Å²) in [7, 11) is 1.74. The second-order valence-electron chi connectivity index (χ2n) is 4.43. The molecule has 1 N–H and O–H groups in total. The second-order valence-corrected chi connectivity index (χ2v) is 4.43. The second kappa shape index (κ2) is 8.95. The van der Waals surface area contributed by atoms with Gasteiger partial charge < -0.3 is 10.1 Å². The van der Waals surface area contributed by atoms with Gasteiger partial charge in [-0.1, -0.05) is 26.0 Å². The Bertz CT molecular complexity index is 307. The summed E-state index contributed by atoms with van der Waals surface area (Å²) in [4.78, 5) is 2.42. The summed E-state index contributed by atoms with van der Waals surface area (Å²) in [6.45, 7) is 9.43. The molecule has 0 saturated heterocycles. The van der Waals surface area contributed by atoms with E-state index in [1.54, 1.807) is 7.11 Å². The zero-order valence-corrected chi connectivity index (χ0v) is 11.9. The van der Waals surface area contributed by atoms with E-state index in [0.717, 1.165) is 39.2 Å². The van der Waals surface area contributed by atoms with Crippen molar-refractivity contribution in [3.8, 4) is 0 Å². The molecule has 0 spiro atoms. The summed E-state index contributed by atoms with van der Waals surface area (Å²) >= 11 is 0. The van der Waals surface area contributed by atoms with E-state index in [4.69, 9.17) is 4.74 Å². The van der Waals surface area contributed by atoms with Crippen molar-refractivity contribution in [2.75, 3.05) is 38.7 Å². The molecule has 0 fully saturated rings. The van der Waals surface area contributed by atoms with E-state index >= 15 is 0 Å². The number of rotatable bonds is 9. The van der Waals surface area contributed by atoms with Crippen molar-refractivity contribution in [2.24, 2.45) is 0 Å². The van der Waals surface area contributed by atoms with Gasteiger partial charge in [0.05, 0.1) is 0 Å². The number of hydrogen-bond acceptors (Lipinski definition) is 3. The Morgan fingerprint density at radius 2 is 1.78 bits per heavy atom. The largest absolute Gasteiger partial charge is 0.385 e. The highest BCUT2D eigenvalue weighted by atomic mass is 16.5. The summed E-state index contributed by atoms with van der Waals surface area (Å²) in [5.41, 5.74) is 2.57. The van der Waals surface area contributed by atoms with Crippen LogP contribution in [-0.4, -0.2) is 38.3 Å². The lowest BCUT2D eigenvalue weighted by Gasteiger charge is -2.18. The predicted octanol–water partition coefficient (Wildman–Crippen LogP) is 2.98. The van der Waals surface area contributed by atoms with Gasteiger partial charge in [-0.05, 0) is 37.2 Å². The summed E-state index contributed by atoms with van der Waals surface area (Å²) in [6.07, 6.45) is 1.04. The Labute approximate surface area is 111 Å². The molecule has 3 heteroatoms. The molecule has 3 nitrogen and oxygen atoms in total. The lowest BCUT2D eigenvalue weighted by Crippen LogP contribution is -2.22. The predicted molar refractivity (Wildman–Crippen MR) is 78.0 cm³/mol. The topological polar surface area (TPSA) is 24.5 Å². The number of methoxy groups -OCH3 is 1. The number of ether oxygens (including phenoxy) is 1. The van der Waals surface area contributed by atoms with Crippen molar-refractivity contribution in [3.63, 3.8) is 0 Å². The first-order valence-corrected chi connectivity index (χ1v) is 6.84. The van der Waals surface area contributed by atoms with Crippen LogP contribution in [0.25, 0.3) is 0 Å². The first kappa shape index (κ1) is 15.0. The fourth-order valence-corrected chi connectivity index (χ4v) is 1.88. The Balaban J connectivity index is 2.37. The minimum absolute atomic E-state index is 0.813. The van der Waals surface area contributed by atoms with Crippen LogP contribution in [0.3, 0.4) is 0 Å².